The zero-order valence-electron chi connectivity index (χ0n) is 16.7. The number of aryl methyl sites for hydroxylation is 2. The fourth-order valence-electron chi connectivity index (χ4n) is 3.99. The van der Waals surface area contributed by atoms with E-state index in [-0.39, 0.29) is 17.5 Å². The summed E-state index contributed by atoms with van der Waals surface area (Å²) in [6.07, 6.45) is 4.32. The molecule has 0 aliphatic carbocycles. The van der Waals surface area contributed by atoms with Crippen molar-refractivity contribution in [1.29, 1.82) is 0 Å². The molecule has 4 rings (SSSR count). The van der Waals surface area contributed by atoms with Gasteiger partial charge in [-0.3, -0.25) is 14.5 Å². The Kier molecular flexibility index (Phi) is 6.67. The van der Waals surface area contributed by atoms with Gasteiger partial charge in [0.25, 0.3) is 11.5 Å². The normalized spacial score (nSPS) is 19.7. The van der Waals surface area contributed by atoms with Crippen LogP contribution in [0.1, 0.15) is 46.0 Å². The number of hydrogen-bond donors (Lipinski definition) is 1. The molecule has 0 bridgehead atoms. The fourth-order valence-corrected chi connectivity index (χ4v) is 5.54. The van der Waals surface area contributed by atoms with Crippen LogP contribution in [0, 0.1) is 6.92 Å². The Morgan fingerprint density at radius 1 is 1.34 bits per heavy atom. The van der Waals surface area contributed by atoms with Crippen LogP contribution in [0.2, 0.25) is 0 Å². The Morgan fingerprint density at radius 3 is 3.07 bits per heavy atom. The second-order valence-corrected chi connectivity index (χ2v) is 9.79. The van der Waals surface area contributed by atoms with Crippen LogP contribution in [0.15, 0.2) is 16.2 Å². The van der Waals surface area contributed by atoms with E-state index in [1.54, 1.807) is 16.1 Å². The third-order valence-corrected chi connectivity index (χ3v) is 7.38. The number of nitrogens with one attached hydrogen (secondary N) is 1. The lowest BCUT2D eigenvalue weighted by atomic mass is 10.0. The average molecular weight is 434 g/mol. The summed E-state index contributed by atoms with van der Waals surface area (Å²) in [6, 6.07) is 2.05. The molecule has 1 saturated heterocycles. The van der Waals surface area contributed by atoms with Crippen molar-refractivity contribution in [3.05, 3.63) is 43.8 Å². The molecular weight excluding hydrogens is 406 g/mol. The molecule has 7 nitrogen and oxygen atoms in total. The van der Waals surface area contributed by atoms with Crippen LogP contribution in [0.5, 0.6) is 0 Å². The molecule has 2 aromatic heterocycles. The van der Waals surface area contributed by atoms with E-state index in [2.05, 4.69) is 20.3 Å². The topological polar surface area (TPSA) is 80.1 Å². The zero-order chi connectivity index (χ0) is 20.2. The summed E-state index contributed by atoms with van der Waals surface area (Å²) in [6.45, 7) is 4.87. The maximum absolute atomic E-state index is 12.4. The standard InChI is InChI=1S/C20H27N5O2S2/c1-14-22-18(13-29-14)20(27)21-11-16-4-2-3-6-24(16)7-8-25-19(26)10-15-12-28-9-5-17(15)23-25/h10,13,16H,2-9,11-12H2,1H3,(H,21,27). The lowest BCUT2D eigenvalue weighted by Crippen LogP contribution is -2.48. The fraction of sp³-hybridized carbons (Fsp3) is 0.600. The van der Waals surface area contributed by atoms with Crippen LogP contribution in [0.3, 0.4) is 0 Å². The number of amides is 1. The predicted molar refractivity (Wildman–Crippen MR) is 117 cm³/mol. The molecule has 1 fully saturated rings. The number of carbonyl (C=O) groups is 1. The van der Waals surface area contributed by atoms with Crippen molar-refractivity contribution in [2.24, 2.45) is 0 Å². The third-order valence-electron chi connectivity index (χ3n) is 5.60. The van der Waals surface area contributed by atoms with Crippen molar-refractivity contribution in [3.63, 3.8) is 0 Å². The first-order chi connectivity index (χ1) is 14.1. The molecule has 2 aromatic rings. The molecule has 2 aliphatic heterocycles. The Morgan fingerprint density at radius 2 is 2.24 bits per heavy atom. The van der Waals surface area contributed by atoms with Crippen molar-refractivity contribution in [2.75, 3.05) is 25.4 Å². The van der Waals surface area contributed by atoms with Gasteiger partial charge in [-0.2, -0.15) is 16.9 Å². The molecule has 0 spiro atoms. The number of thiazole rings is 1. The van der Waals surface area contributed by atoms with E-state index in [1.165, 1.54) is 17.8 Å². The molecule has 9 heteroatoms. The number of likely N-dealkylation sites (tertiary alicyclic amines) is 1. The minimum absolute atomic E-state index is 0.00739. The maximum atomic E-state index is 12.4. The molecule has 4 heterocycles. The number of aromatic nitrogens is 3. The minimum atomic E-state index is -0.106. The first-order valence-corrected chi connectivity index (χ1v) is 12.3. The highest BCUT2D eigenvalue weighted by atomic mass is 32.2. The highest BCUT2D eigenvalue weighted by Crippen LogP contribution is 2.21. The van der Waals surface area contributed by atoms with Crippen LogP contribution >= 0.6 is 23.1 Å². The second kappa shape index (κ2) is 9.40. The van der Waals surface area contributed by atoms with Crippen LogP contribution < -0.4 is 10.9 Å². The molecule has 1 atom stereocenters. The third kappa shape index (κ3) is 5.07. The van der Waals surface area contributed by atoms with Crippen molar-refractivity contribution in [1.82, 2.24) is 25.0 Å². The van der Waals surface area contributed by atoms with Crippen LogP contribution in [0.4, 0.5) is 0 Å². The number of nitrogens with zero attached hydrogens (tertiary/aromatic N) is 4. The molecule has 2 aliphatic rings. The molecule has 1 unspecified atom stereocenters. The van der Waals surface area contributed by atoms with Gasteiger partial charge in [-0.1, -0.05) is 6.42 Å². The smallest absolute Gasteiger partial charge is 0.270 e. The molecule has 1 amide bonds. The Labute approximate surface area is 178 Å². The summed E-state index contributed by atoms with van der Waals surface area (Å²) in [5, 5.41) is 10.4. The minimum Gasteiger partial charge on any atom is -0.349 e. The molecule has 0 aromatic carbocycles. The predicted octanol–water partition coefficient (Wildman–Crippen LogP) is 2.08. The van der Waals surface area contributed by atoms with E-state index in [1.807, 2.05) is 18.7 Å². The lowest BCUT2D eigenvalue weighted by molar-refractivity contribution is 0.0905. The molecule has 156 valence electrons. The van der Waals surface area contributed by atoms with Gasteiger partial charge in [0.2, 0.25) is 0 Å². The van der Waals surface area contributed by atoms with Gasteiger partial charge in [0, 0.05) is 42.8 Å². The van der Waals surface area contributed by atoms with Crippen LogP contribution in [-0.4, -0.2) is 57.0 Å². The zero-order valence-corrected chi connectivity index (χ0v) is 18.4. The van der Waals surface area contributed by atoms with Crippen molar-refractivity contribution in [3.8, 4) is 0 Å². The quantitative estimate of drug-likeness (QED) is 0.751. The van der Waals surface area contributed by atoms with E-state index >= 15 is 0 Å². The van der Waals surface area contributed by atoms with Gasteiger partial charge >= 0.3 is 0 Å². The number of fused-ring (bicyclic) bond motifs is 1. The van der Waals surface area contributed by atoms with Gasteiger partial charge in [0.05, 0.1) is 17.2 Å². The summed E-state index contributed by atoms with van der Waals surface area (Å²) in [5.74, 6) is 1.86. The number of hydrogen-bond acceptors (Lipinski definition) is 7. The van der Waals surface area contributed by atoms with E-state index in [0.717, 1.165) is 60.1 Å². The van der Waals surface area contributed by atoms with Crippen molar-refractivity contribution < 1.29 is 4.79 Å². The van der Waals surface area contributed by atoms with Gasteiger partial charge < -0.3 is 5.32 Å². The largest absolute Gasteiger partial charge is 0.349 e. The number of thioether (sulfide) groups is 1. The van der Waals surface area contributed by atoms with Gasteiger partial charge in [0.15, 0.2) is 0 Å². The highest BCUT2D eigenvalue weighted by molar-refractivity contribution is 7.98. The van der Waals surface area contributed by atoms with Gasteiger partial charge in [-0.25, -0.2) is 9.67 Å². The van der Waals surface area contributed by atoms with E-state index < -0.39 is 0 Å². The monoisotopic (exact) mass is 433 g/mol. The lowest BCUT2D eigenvalue weighted by Gasteiger charge is -2.35. The van der Waals surface area contributed by atoms with Gasteiger partial charge in [0.1, 0.15) is 5.69 Å². The Balaban J connectivity index is 1.35. The molecule has 29 heavy (non-hydrogen) atoms. The summed E-state index contributed by atoms with van der Waals surface area (Å²) in [5.41, 5.74) is 2.66. The Bertz CT molecular complexity index is 926. The summed E-state index contributed by atoms with van der Waals surface area (Å²) in [4.78, 5) is 31.4. The summed E-state index contributed by atoms with van der Waals surface area (Å²) >= 11 is 3.35. The van der Waals surface area contributed by atoms with E-state index in [9.17, 15) is 9.59 Å². The number of piperidine rings is 1. The first kappa shape index (κ1) is 20.6. The summed E-state index contributed by atoms with van der Waals surface area (Å²) in [7, 11) is 0. The summed E-state index contributed by atoms with van der Waals surface area (Å²) < 4.78 is 1.62. The number of carbonyl (C=O) groups excluding carboxylic acids is 1. The van der Waals surface area contributed by atoms with E-state index in [0.29, 0.717) is 18.8 Å². The molecule has 0 saturated carbocycles. The van der Waals surface area contributed by atoms with Gasteiger partial charge in [-0.05, 0) is 37.6 Å². The molecule has 0 radical (unpaired) electrons. The molecular formula is C20H27N5O2S2. The number of rotatable bonds is 6. The second-order valence-electron chi connectivity index (χ2n) is 7.63. The SMILES string of the molecule is Cc1nc(C(=O)NCC2CCCCN2CCn2nc3c(cc2=O)CSCC3)cs1. The highest BCUT2D eigenvalue weighted by Gasteiger charge is 2.23. The van der Waals surface area contributed by atoms with E-state index in [4.69, 9.17) is 0 Å². The average Bonchev–Trinajstić information content (AvgIpc) is 3.17. The van der Waals surface area contributed by atoms with Crippen molar-refractivity contribution >= 4 is 29.0 Å². The maximum Gasteiger partial charge on any atom is 0.270 e. The molecule has 1 N–H and O–H groups in total. The first-order valence-electron chi connectivity index (χ1n) is 10.2. The van der Waals surface area contributed by atoms with Crippen LogP contribution in [-0.2, 0) is 18.7 Å². The van der Waals surface area contributed by atoms with Crippen molar-refractivity contribution in [2.45, 2.75) is 50.9 Å². The van der Waals surface area contributed by atoms with Crippen LogP contribution in [0.25, 0.3) is 0 Å². The van der Waals surface area contributed by atoms with Gasteiger partial charge in [-0.15, -0.1) is 11.3 Å². The Hall–Kier alpha value is -1.71.